The van der Waals surface area contributed by atoms with Gasteiger partial charge in [-0.25, -0.2) is 0 Å². The molecule has 3 rings (SSSR count). The van der Waals surface area contributed by atoms with Crippen molar-refractivity contribution in [3.05, 3.63) is 23.5 Å². The number of hydrogen-bond acceptors (Lipinski definition) is 5. The summed E-state index contributed by atoms with van der Waals surface area (Å²) in [5.41, 5.74) is 8.26. The van der Waals surface area contributed by atoms with Gasteiger partial charge in [0.25, 0.3) is 0 Å². The van der Waals surface area contributed by atoms with Gasteiger partial charge < -0.3 is 15.4 Å². The zero-order valence-electron chi connectivity index (χ0n) is 13.1. The molecule has 0 aromatic carbocycles. The first-order chi connectivity index (χ1) is 10.6. The number of nitrogens with zero attached hydrogens (tertiary/aromatic N) is 3. The number of ether oxygens (including phenoxy) is 1. The first-order valence-corrected chi connectivity index (χ1v) is 7.97. The van der Waals surface area contributed by atoms with E-state index in [2.05, 4.69) is 9.88 Å². The Kier molecular flexibility index (Phi) is 4.59. The van der Waals surface area contributed by atoms with Gasteiger partial charge in [0.15, 0.2) is 0 Å². The Bertz CT molecular complexity index is 523. The average Bonchev–Trinajstić information content (AvgIpc) is 2.99. The van der Waals surface area contributed by atoms with E-state index in [0.717, 1.165) is 24.5 Å². The van der Waals surface area contributed by atoms with Gasteiger partial charge in [-0.15, -0.1) is 0 Å². The van der Waals surface area contributed by atoms with Gasteiger partial charge in [-0.05, 0) is 45.0 Å². The van der Waals surface area contributed by atoms with Crippen LogP contribution >= 0.6 is 0 Å². The number of morpholine rings is 1. The van der Waals surface area contributed by atoms with E-state index in [1.807, 2.05) is 24.0 Å². The lowest BCUT2D eigenvalue weighted by Gasteiger charge is -2.33. The van der Waals surface area contributed by atoms with E-state index in [0.29, 0.717) is 31.9 Å². The zero-order chi connectivity index (χ0) is 15.5. The van der Waals surface area contributed by atoms with Crippen LogP contribution in [0.3, 0.4) is 0 Å². The van der Waals surface area contributed by atoms with Crippen LogP contribution in [0.15, 0.2) is 12.1 Å². The van der Waals surface area contributed by atoms with Crippen LogP contribution in [0.1, 0.15) is 30.3 Å². The molecule has 2 aliphatic rings. The summed E-state index contributed by atoms with van der Waals surface area (Å²) in [6.45, 7) is 6.28. The Labute approximate surface area is 131 Å². The topological polar surface area (TPSA) is 71.7 Å². The number of hydrogen-bond donors (Lipinski definition) is 1. The Hall–Kier alpha value is -1.66. The van der Waals surface area contributed by atoms with Crippen molar-refractivity contribution < 1.29 is 9.53 Å². The molecule has 6 nitrogen and oxygen atoms in total. The van der Waals surface area contributed by atoms with Crippen LogP contribution < -0.4 is 5.73 Å². The molecular formula is C16H24N4O2. The molecule has 2 N–H and O–H groups in total. The van der Waals surface area contributed by atoms with Gasteiger partial charge in [0.1, 0.15) is 6.10 Å². The number of pyridine rings is 1. The van der Waals surface area contributed by atoms with Crippen LogP contribution in [0.25, 0.3) is 0 Å². The van der Waals surface area contributed by atoms with E-state index < -0.39 is 0 Å². The molecule has 1 amide bonds. The highest BCUT2D eigenvalue weighted by Gasteiger charge is 2.28. The second kappa shape index (κ2) is 6.62. The van der Waals surface area contributed by atoms with Crippen LogP contribution in [0, 0.1) is 6.92 Å². The van der Waals surface area contributed by atoms with Crippen LogP contribution in [0.2, 0.25) is 0 Å². The zero-order valence-corrected chi connectivity index (χ0v) is 13.1. The predicted octanol–water partition coefficient (Wildman–Crippen LogP) is 0.968. The Morgan fingerprint density at radius 1 is 1.36 bits per heavy atom. The number of anilines is 1. The molecule has 22 heavy (non-hydrogen) atoms. The van der Waals surface area contributed by atoms with Gasteiger partial charge in [0.05, 0.1) is 25.4 Å². The predicted molar refractivity (Wildman–Crippen MR) is 84.3 cm³/mol. The average molecular weight is 304 g/mol. The number of aromatic nitrogens is 1. The summed E-state index contributed by atoms with van der Waals surface area (Å²) in [5.74, 6) is 0.191. The van der Waals surface area contributed by atoms with Crippen LogP contribution in [-0.4, -0.2) is 60.0 Å². The standard InChI is InChI=1S/C16H24N4O2/c1-12-8-13(17)9-14(18-12)15-10-20(6-7-22-15)16(21)11-19-4-2-3-5-19/h8-9,15H,2-7,10-11H2,1H3,(H2,17,18)/t15-/m1/s1. The molecule has 0 radical (unpaired) electrons. The number of carbonyl (C=O) groups excluding carboxylic acids is 1. The van der Waals surface area contributed by atoms with Crippen molar-refractivity contribution in [2.75, 3.05) is 45.1 Å². The van der Waals surface area contributed by atoms with Crippen molar-refractivity contribution in [3.63, 3.8) is 0 Å². The third kappa shape index (κ3) is 3.56. The van der Waals surface area contributed by atoms with Crippen LogP contribution in [0.5, 0.6) is 0 Å². The normalized spacial score (nSPS) is 23.0. The third-order valence-electron chi connectivity index (χ3n) is 4.30. The van der Waals surface area contributed by atoms with E-state index in [1.165, 1.54) is 12.8 Å². The second-order valence-electron chi connectivity index (χ2n) is 6.15. The first-order valence-electron chi connectivity index (χ1n) is 7.97. The molecule has 2 saturated heterocycles. The molecule has 2 fully saturated rings. The number of likely N-dealkylation sites (tertiary alicyclic amines) is 1. The van der Waals surface area contributed by atoms with E-state index in [-0.39, 0.29) is 12.0 Å². The smallest absolute Gasteiger partial charge is 0.236 e. The summed E-state index contributed by atoms with van der Waals surface area (Å²) in [4.78, 5) is 21.1. The van der Waals surface area contributed by atoms with Gasteiger partial charge >= 0.3 is 0 Å². The molecule has 3 heterocycles. The van der Waals surface area contributed by atoms with E-state index >= 15 is 0 Å². The summed E-state index contributed by atoms with van der Waals surface area (Å²) in [5, 5.41) is 0. The number of carbonyl (C=O) groups is 1. The first kappa shape index (κ1) is 15.2. The fraction of sp³-hybridized carbons (Fsp3) is 0.625. The van der Waals surface area contributed by atoms with Crippen molar-refractivity contribution in [2.45, 2.75) is 25.9 Å². The van der Waals surface area contributed by atoms with Gasteiger partial charge in [-0.2, -0.15) is 0 Å². The SMILES string of the molecule is Cc1cc(N)cc([C@H]2CN(C(=O)CN3CCCC3)CCO2)n1. The van der Waals surface area contributed by atoms with Crippen LogP contribution in [0.4, 0.5) is 5.69 Å². The number of nitrogen functional groups attached to an aromatic ring is 1. The highest BCUT2D eigenvalue weighted by atomic mass is 16.5. The lowest BCUT2D eigenvalue weighted by atomic mass is 10.1. The van der Waals surface area contributed by atoms with E-state index in [4.69, 9.17) is 10.5 Å². The monoisotopic (exact) mass is 304 g/mol. The van der Waals surface area contributed by atoms with Crippen molar-refractivity contribution in [1.29, 1.82) is 0 Å². The fourth-order valence-electron chi connectivity index (χ4n) is 3.17. The van der Waals surface area contributed by atoms with Crippen molar-refractivity contribution >= 4 is 11.6 Å². The lowest BCUT2D eigenvalue weighted by Crippen LogP contribution is -2.46. The highest BCUT2D eigenvalue weighted by molar-refractivity contribution is 5.78. The maximum Gasteiger partial charge on any atom is 0.236 e. The van der Waals surface area contributed by atoms with E-state index in [9.17, 15) is 4.79 Å². The molecule has 1 atom stereocenters. The molecule has 6 heteroatoms. The minimum atomic E-state index is -0.182. The molecule has 0 saturated carbocycles. The van der Waals surface area contributed by atoms with Gasteiger partial charge in [0, 0.05) is 17.9 Å². The number of aryl methyl sites for hydroxylation is 1. The molecule has 0 bridgehead atoms. The van der Waals surface area contributed by atoms with Gasteiger partial charge in [-0.1, -0.05) is 0 Å². The molecule has 120 valence electrons. The van der Waals surface area contributed by atoms with Gasteiger partial charge in [-0.3, -0.25) is 14.7 Å². The summed E-state index contributed by atoms with van der Waals surface area (Å²) in [6, 6.07) is 3.68. The minimum Gasteiger partial charge on any atom is -0.399 e. The molecule has 1 aromatic rings. The molecule has 0 spiro atoms. The Morgan fingerprint density at radius 2 is 2.14 bits per heavy atom. The van der Waals surface area contributed by atoms with Gasteiger partial charge in [0.2, 0.25) is 5.91 Å². The molecule has 1 aromatic heterocycles. The number of nitrogens with two attached hydrogens (primary N) is 1. The summed E-state index contributed by atoms with van der Waals surface area (Å²) in [7, 11) is 0. The van der Waals surface area contributed by atoms with Crippen molar-refractivity contribution in [2.24, 2.45) is 0 Å². The fourth-order valence-corrected chi connectivity index (χ4v) is 3.17. The molecule has 0 aliphatic carbocycles. The maximum atomic E-state index is 12.4. The highest BCUT2D eigenvalue weighted by Crippen LogP contribution is 2.23. The van der Waals surface area contributed by atoms with Crippen molar-refractivity contribution in [3.8, 4) is 0 Å². The van der Waals surface area contributed by atoms with E-state index in [1.54, 1.807) is 0 Å². The summed E-state index contributed by atoms with van der Waals surface area (Å²) < 4.78 is 5.80. The number of rotatable bonds is 3. The minimum absolute atomic E-state index is 0.182. The second-order valence-corrected chi connectivity index (χ2v) is 6.15. The summed E-state index contributed by atoms with van der Waals surface area (Å²) in [6.07, 6.45) is 2.22. The molecular weight excluding hydrogens is 280 g/mol. The molecule has 2 aliphatic heterocycles. The Morgan fingerprint density at radius 3 is 2.86 bits per heavy atom. The Balaban J connectivity index is 1.64. The molecule has 0 unspecified atom stereocenters. The largest absolute Gasteiger partial charge is 0.399 e. The maximum absolute atomic E-state index is 12.4. The van der Waals surface area contributed by atoms with Crippen molar-refractivity contribution in [1.82, 2.24) is 14.8 Å². The lowest BCUT2D eigenvalue weighted by molar-refractivity contribution is -0.140. The number of amides is 1. The quantitative estimate of drug-likeness (QED) is 0.901. The van der Waals surface area contributed by atoms with Crippen LogP contribution in [-0.2, 0) is 9.53 Å². The summed E-state index contributed by atoms with van der Waals surface area (Å²) >= 11 is 0. The third-order valence-corrected chi connectivity index (χ3v) is 4.30.